The van der Waals surface area contributed by atoms with Crippen molar-refractivity contribution in [3.05, 3.63) is 48.2 Å². The van der Waals surface area contributed by atoms with Gasteiger partial charge in [-0.1, -0.05) is 26.2 Å². The molecule has 0 fully saturated rings. The van der Waals surface area contributed by atoms with Gasteiger partial charge in [-0.15, -0.1) is 0 Å². The normalized spacial score (nSPS) is 11.7. The Balaban J connectivity index is 1.84. The second-order valence-corrected chi connectivity index (χ2v) is 6.23. The van der Waals surface area contributed by atoms with Gasteiger partial charge in [-0.05, 0) is 50.1 Å². The van der Waals surface area contributed by atoms with Crippen molar-refractivity contribution >= 4 is 5.97 Å². The number of unbranched alkanes of at least 4 members (excludes halogenated alkanes) is 3. The topological polar surface area (TPSA) is 57.7 Å². The summed E-state index contributed by atoms with van der Waals surface area (Å²) in [6.45, 7) is 4.24. The fourth-order valence-electron chi connectivity index (χ4n) is 2.50. The van der Waals surface area contributed by atoms with Gasteiger partial charge in [-0.2, -0.15) is 0 Å². The molecule has 5 heteroatoms. The zero-order valence-electron chi connectivity index (χ0n) is 15.7. The SMILES string of the molecule is CCCCCCC(C)Oc1ccc(C(=O)Oc2ccc(OC)cc2)cn1. The van der Waals surface area contributed by atoms with Crippen molar-refractivity contribution in [1.29, 1.82) is 0 Å². The van der Waals surface area contributed by atoms with E-state index in [0.29, 0.717) is 22.9 Å². The number of ether oxygens (including phenoxy) is 3. The van der Waals surface area contributed by atoms with Crippen molar-refractivity contribution < 1.29 is 19.0 Å². The number of hydrogen-bond donors (Lipinski definition) is 0. The second-order valence-electron chi connectivity index (χ2n) is 6.23. The summed E-state index contributed by atoms with van der Waals surface area (Å²) in [5, 5.41) is 0. The molecule has 0 saturated carbocycles. The van der Waals surface area contributed by atoms with Crippen LogP contribution >= 0.6 is 0 Å². The van der Waals surface area contributed by atoms with E-state index >= 15 is 0 Å². The van der Waals surface area contributed by atoms with E-state index in [-0.39, 0.29) is 6.10 Å². The maximum absolute atomic E-state index is 12.2. The number of methoxy groups -OCH3 is 1. The molecule has 1 heterocycles. The molecule has 26 heavy (non-hydrogen) atoms. The molecule has 0 radical (unpaired) electrons. The van der Waals surface area contributed by atoms with E-state index in [2.05, 4.69) is 11.9 Å². The molecule has 0 N–H and O–H groups in total. The average Bonchev–Trinajstić information content (AvgIpc) is 2.66. The van der Waals surface area contributed by atoms with Crippen molar-refractivity contribution in [2.75, 3.05) is 7.11 Å². The van der Waals surface area contributed by atoms with Crippen LogP contribution in [-0.2, 0) is 0 Å². The van der Waals surface area contributed by atoms with Crippen LogP contribution in [-0.4, -0.2) is 24.2 Å². The molecule has 0 spiro atoms. The highest BCUT2D eigenvalue weighted by atomic mass is 16.5. The lowest BCUT2D eigenvalue weighted by Crippen LogP contribution is -2.13. The Bertz CT molecular complexity index is 667. The Morgan fingerprint density at radius 2 is 1.77 bits per heavy atom. The minimum atomic E-state index is -0.457. The fourth-order valence-corrected chi connectivity index (χ4v) is 2.50. The van der Waals surface area contributed by atoms with Crippen molar-refractivity contribution in [1.82, 2.24) is 4.98 Å². The van der Waals surface area contributed by atoms with E-state index in [1.165, 1.54) is 25.5 Å². The first-order chi connectivity index (χ1) is 12.6. The Morgan fingerprint density at radius 1 is 1.04 bits per heavy atom. The van der Waals surface area contributed by atoms with Crippen LogP contribution in [0.3, 0.4) is 0 Å². The number of nitrogens with zero attached hydrogens (tertiary/aromatic N) is 1. The summed E-state index contributed by atoms with van der Waals surface area (Å²) in [7, 11) is 1.59. The summed E-state index contributed by atoms with van der Waals surface area (Å²) < 4.78 is 16.2. The molecule has 140 valence electrons. The molecule has 0 amide bonds. The molecule has 5 nitrogen and oxygen atoms in total. The van der Waals surface area contributed by atoms with Crippen LogP contribution < -0.4 is 14.2 Å². The van der Waals surface area contributed by atoms with Gasteiger partial charge in [-0.3, -0.25) is 0 Å². The lowest BCUT2D eigenvalue weighted by atomic mass is 10.1. The van der Waals surface area contributed by atoms with Crippen LogP contribution in [0, 0.1) is 0 Å². The highest BCUT2D eigenvalue weighted by molar-refractivity contribution is 5.90. The van der Waals surface area contributed by atoms with Crippen molar-refractivity contribution in [2.24, 2.45) is 0 Å². The summed E-state index contributed by atoms with van der Waals surface area (Å²) in [4.78, 5) is 16.4. The first-order valence-electron chi connectivity index (χ1n) is 9.11. The monoisotopic (exact) mass is 357 g/mol. The van der Waals surface area contributed by atoms with Gasteiger partial charge in [-0.25, -0.2) is 9.78 Å². The predicted octanol–water partition coefficient (Wildman–Crippen LogP) is 5.05. The van der Waals surface area contributed by atoms with E-state index < -0.39 is 5.97 Å². The molecule has 0 aliphatic carbocycles. The smallest absolute Gasteiger partial charge is 0.345 e. The highest BCUT2D eigenvalue weighted by Gasteiger charge is 2.11. The molecule has 2 rings (SSSR count). The molecule has 0 bridgehead atoms. The van der Waals surface area contributed by atoms with Crippen LogP contribution in [0.15, 0.2) is 42.6 Å². The summed E-state index contributed by atoms with van der Waals surface area (Å²) in [5.74, 6) is 1.23. The third-order valence-electron chi connectivity index (χ3n) is 4.03. The molecule has 0 saturated heterocycles. The van der Waals surface area contributed by atoms with Crippen molar-refractivity contribution in [3.8, 4) is 17.4 Å². The van der Waals surface area contributed by atoms with Crippen LogP contribution in [0.5, 0.6) is 17.4 Å². The summed E-state index contributed by atoms with van der Waals surface area (Å²) in [5.41, 5.74) is 0.378. The second kappa shape index (κ2) is 10.4. The Labute approximate surface area is 155 Å². The summed E-state index contributed by atoms with van der Waals surface area (Å²) >= 11 is 0. The number of pyridine rings is 1. The standard InChI is InChI=1S/C21H27NO4/c1-4-5-6-7-8-16(2)25-20-14-9-17(15-22-20)21(23)26-19-12-10-18(24-3)11-13-19/h9-16H,4-8H2,1-3H3. The number of carbonyl (C=O) groups is 1. The van der Waals surface area contributed by atoms with Crippen LogP contribution in [0.4, 0.5) is 0 Å². The van der Waals surface area contributed by atoms with E-state index in [9.17, 15) is 4.79 Å². The highest BCUT2D eigenvalue weighted by Crippen LogP contribution is 2.19. The maximum Gasteiger partial charge on any atom is 0.345 e. The van der Waals surface area contributed by atoms with Gasteiger partial charge in [0.05, 0.1) is 18.8 Å². The molecule has 1 atom stereocenters. The molecular weight excluding hydrogens is 330 g/mol. The van der Waals surface area contributed by atoms with Gasteiger partial charge in [0.15, 0.2) is 0 Å². The van der Waals surface area contributed by atoms with Crippen molar-refractivity contribution in [3.63, 3.8) is 0 Å². The largest absolute Gasteiger partial charge is 0.497 e. The first-order valence-corrected chi connectivity index (χ1v) is 9.11. The quantitative estimate of drug-likeness (QED) is 0.338. The zero-order chi connectivity index (χ0) is 18.8. The molecule has 0 aliphatic heterocycles. The van der Waals surface area contributed by atoms with Crippen LogP contribution in [0.25, 0.3) is 0 Å². The molecule has 0 aliphatic rings. The van der Waals surface area contributed by atoms with E-state index in [0.717, 1.165) is 12.8 Å². The third kappa shape index (κ3) is 6.39. The number of hydrogen-bond acceptors (Lipinski definition) is 5. The van der Waals surface area contributed by atoms with E-state index in [1.807, 2.05) is 6.92 Å². The number of rotatable bonds is 10. The molecular formula is C21H27NO4. The number of aromatic nitrogens is 1. The minimum Gasteiger partial charge on any atom is -0.497 e. The number of carbonyl (C=O) groups excluding carboxylic acids is 1. The lowest BCUT2D eigenvalue weighted by Gasteiger charge is -2.13. The Hall–Kier alpha value is -2.56. The van der Waals surface area contributed by atoms with Gasteiger partial charge >= 0.3 is 5.97 Å². The Kier molecular flexibility index (Phi) is 7.93. The molecule has 1 unspecified atom stereocenters. The van der Waals surface area contributed by atoms with Gasteiger partial charge in [0.25, 0.3) is 0 Å². The van der Waals surface area contributed by atoms with E-state index in [4.69, 9.17) is 14.2 Å². The molecule has 1 aromatic carbocycles. The minimum absolute atomic E-state index is 0.108. The first kappa shape index (κ1) is 19.8. The number of esters is 1. The van der Waals surface area contributed by atoms with Crippen LogP contribution in [0.2, 0.25) is 0 Å². The van der Waals surface area contributed by atoms with Gasteiger partial charge < -0.3 is 14.2 Å². The summed E-state index contributed by atoms with van der Waals surface area (Å²) in [6.07, 6.45) is 7.46. The summed E-state index contributed by atoms with van der Waals surface area (Å²) in [6, 6.07) is 10.2. The van der Waals surface area contributed by atoms with Crippen molar-refractivity contribution in [2.45, 2.75) is 52.1 Å². The zero-order valence-corrected chi connectivity index (χ0v) is 15.7. The Morgan fingerprint density at radius 3 is 2.38 bits per heavy atom. The average molecular weight is 357 g/mol. The molecule has 2 aromatic rings. The lowest BCUT2D eigenvalue weighted by molar-refractivity contribution is 0.0734. The fraction of sp³-hybridized carbons (Fsp3) is 0.429. The van der Waals surface area contributed by atoms with Crippen LogP contribution in [0.1, 0.15) is 56.3 Å². The van der Waals surface area contributed by atoms with Gasteiger partial charge in [0.1, 0.15) is 11.5 Å². The third-order valence-corrected chi connectivity index (χ3v) is 4.03. The predicted molar refractivity (Wildman–Crippen MR) is 101 cm³/mol. The molecule has 1 aromatic heterocycles. The van der Waals surface area contributed by atoms with Gasteiger partial charge in [0, 0.05) is 12.3 Å². The maximum atomic E-state index is 12.2. The van der Waals surface area contributed by atoms with Gasteiger partial charge in [0.2, 0.25) is 5.88 Å². The van der Waals surface area contributed by atoms with E-state index in [1.54, 1.807) is 43.5 Å². The number of benzene rings is 1.